The number of carbonyl (C=O) groups excluding carboxylic acids is 2. The van der Waals surface area contributed by atoms with Gasteiger partial charge < -0.3 is 19.5 Å². The number of anilines is 1. The first kappa shape index (κ1) is 21.8. The number of benzene rings is 2. The number of hydrogen-bond acceptors (Lipinski definition) is 5. The number of carbonyl (C=O) groups is 2. The molecule has 0 bridgehead atoms. The number of methoxy groups -OCH3 is 2. The lowest BCUT2D eigenvalue weighted by Gasteiger charge is -2.12. The standard InChI is InChI=1S/C21H24BrNO5/c1-4-11-28-21(25)14-5-8-16(9-6-14)23-20(24)10-7-15-12-18(26-2)19(27-3)13-17(15)22/h5-6,8-9,12-13H,4,7,10-11H2,1-3H3,(H,23,24). The minimum Gasteiger partial charge on any atom is -0.493 e. The third-order valence-corrected chi connectivity index (χ3v) is 4.75. The molecular weight excluding hydrogens is 426 g/mol. The Morgan fingerprint density at radius 3 is 2.29 bits per heavy atom. The van der Waals surface area contributed by atoms with Crippen molar-refractivity contribution >= 4 is 33.5 Å². The number of nitrogens with one attached hydrogen (secondary N) is 1. The fourth-order valence-electron chi connectivity index (χ4n) is 2.53. The molecule has 0 fully saturated rings. The monoisotopic (exact) mass is 449 g/mol. The SMILES string of the molecule is CCCOC(=O)c1ccc(NC(=O)CCc2cc(OC)c(OC)cc2Br)cc1. The van der Waals surface area contributed by atoms with Crippen molar-refractivity contribution < 1.29 is 23.8 Å². The number of halogens is 1. The predicted molar refractivity (Wildman–Crippen MR) is 111 cm³/mol. The summed E-state index contributed by atoms with van der Waals surface area (Å²) in [6, 6.07) is 10.3. The van der Waals surface area contributed by atoms with E-state index in [9.17, 15) is 9.59 Å². The molecule has 0 aromatic heterocycles. The summed E-state index contributed by atoms with van der Waals surface area (Å²) in [6.45, 7) is 2.33. The van der Waals surface area contributed by atoms with Gasteiger partial charge in [-0.2, -0.15) is 0 Å². The van der Waals surface area contributed by atoms with Gasteiger partial charge in [0.15, 0.2) is 11.5 Å². The topological polar surface area (TPSA) is 73.9 Å². The van der Waals surface area contributed by atoms with Crippen LogP contribution >= 0.6 is 15.9 Å². The Balaban J connectivity index is 1.93. The average molecular weight is 450 g/mol. The molecule has 0 saturated carbocycles. The van der Waals surface area contributed by atoms with Gasteiger partial charge in [0, 0.05) is 16.6 Å². The van der Waals surface area contributed by atoms with Crippen molar-refractivity contribution in [3.8, 4) is 11.5 Å². The largest absolute Gasteiger partial charge is 0.493 e. The molecule has 0 atom stereocenters. The molecule has 0 aliphatic carbocycles. The van der Waals surface area contributed by atoms with Gasteiger partial charge >= 0.3 is 5.97 Å². The van der Waals surface area contributed by atoms with E-state index in [0.29, 0.717) is 42.2 Å². The highest BCUT2D eigenvalue weighted by molar-refractivity contribution is 9.10. The molecule has 0 spiro atoms. The highest BCUT2D eigenvalue weighted by Crippen LogP contribution is 2.33. The number of aryl methyl sites for hydroxylation is 1. The van der Waals surface area contributed by atoms with Gasteiger partial charge in [-0.1, -0.05) is 22.9 Å². The molecule has 1 amide bonds. The first-order chi connectivity index (χ1) is 13.5. The molecule has 0 heterocycles. The number of esters is 1. The van der Waals surface area contributed by atoms with Crippen LogP contribution in [0.15, 0.2) is 40.9 Å². The van der Waals surface area contributed by atoms with Crippen molar-refractivity contribution in [2.75, 3.05) is 26.1 Å². The normalized spacial score (nSPS) is 10.3. The van der Waals surface area contributed by atoms with Gasteiger partial charge in [0.05, 0.1) is 26.4 Å². The van der Waals surface area contributed by atoms with Crippen molar-refractivity contribution in [3.05, 3.63) is 52.0 Å². The maximum Gasteiger partial charge on any atom is 0.338 e. The molecule has 7 heteroatoms. The summed E-state index contributed by atoms with van der Waals surface area (Å²) in [7, 11) is 3.15. The van der Waals surface area contributed by atoms with E-state index in [2.05, 4.69) is 21.2 Å². The zero-order chi connectivity index (χ0) is 20.5. The Hall–Kier alpha value is -2.54. The van der Waals surface area contributed by atoms with Crippen LogP contribution in [0.2, 0.25) is 0 Å². The van der Waals surface area contributed by atoms with Crippen molar-refractivity contribution in [3.63, 3.8) is 0 Å². The molecule has 0 unspecified atom stereocenters. The van der Waals surface area contributed by atoms with Crippen LogP contribution in [-0.4, -0.2) is 32.7 Å². The summed E-state index contributed by atoms with van der Waals surface area (Å²) >= 11 is 3.50. The minimum absolute atomic E-state index is 0.122. The summed E-state index contributed by atoms with van der Waals surface area (Å²) in [5.41, 5.74) is 2.03. The Morgan fingerprint density at radius 2 is 1.68 bits per heavy atom. The van der Waals surface area contributed by atoms with Crippen LogP contribution in [0, 0.1) is 0 Å². The van der Waals surface area contributed by atoms with Crippen molar-refractivity contribution in [2.45, 2.75) is 26.2 Å². The Kier molecular flexibility index (Phi) is 8.32. The quantitative estimate of drug-likeness (QED) is 0.565. The second kappa shape index (κ2) is 10.7. The third-order valence-electron chi connectivity index (χ3n) is 4.02. The van der Waals surface area contributed by atoms with Crippen molar-refractivity contribution in [1.82, 2.24) is 0 Å². The molecule has 0 radical (unpaired) electrons. The van der Waals surface area contributed by atoms with Crippen LogP contribution in [0.5, 0.6) is 11.5 Å². The lowest BCUT2D eigenvalue weighted by molar-refractivity contribution is -0.116. The van der Waals surface area contributed by atoms with Gasteiger partial charge in [-0.05, 0) is 54.8 Å². The van der Waals surface area contributed by atoms with Crippen LogP contribution in [-0.2, 0) is 16.0 Å². The molecular formula is C21H24BrNO5. The first-order valence-corrected chi connectivity index (χ1v) is 9.75. The molecule has 1 N–H and O–H groups in total. The molecule has 6 nitrogen and oxygen atoms in total. The van der Waals surface area contributed by atoms with Gasteiger partial charge in [-0.25, -0.2) is 4.79 Å². The van der Waals surface area contributed by atoms with E-state index in [1.807, 2.05) is 19.1 Å². The van der Waals surface area contributed by atoms with Gasteiger partial charge in [-0.3, -0.25) is 4.79 Å². The highest BCUT2D eigenvalue weighted by Gasteiger charge is 2.12. The van der Waals surface area contributed by atoms with Crippen LogP contribution in [0.25, 0.3) is 0 Å². The zero-order valence-corrected chi connectivity index (χ0v) is 17.8. The van der Waals surface area contributed by atoms with E-state index < -0.39 is 0 Å². The lowest BCUT2D eigenvalue weighted by Crippen LogP contribution is -2.13. The van der Waals surface area contributed by atoms with Gasteiger partial charge in [0.2, 0.25) is 5.91 Å². The maximum atomic E-state index is 12.3. The van der Waals surface area contributed by atoms with E-state index in [0.717, 1.165) is 16.5 Å². The number of hydrogen-bond donors (Lipinski definition) is 1. The number of ether oxygens (including phenoxy) is 3. The third kappa shape index (κ3) is 5.99. The lowest BCUT2D eigenvalue weighted by atomic mass is 10.1. The van der Waals surface area contributed by atoms with Crippen molar-refractivity contribution in [1.29, 1.82) is 0 Å². The van der Waals surface area contributed by atoms with Crippen molar-refractivity contribution in [2.24, 2.45) is 0 Å². The summed E-state index contributed by atoms with van der Waals surface area (Å²) < 4.78 is 16.5. The zero-order valence-electron chi connectivity index (χ0n) is 16.2. The number of rotatable bonds is 9. The Labute approximate surface area is 173 Å². The minimum atomic E-state index is -0.363. The van der Waals surface area contributed by atoms with E-state index in [4.69, 9.17) is 14.2 Å². The molecule has 2 aromatic rings. The fourth-order valence-corrected chi connectivity index (χ4v) is 3.05. The predicted octanol–water partition coefficient (Wildman–Crippen LogP) is 4.60. The molecule has 150 valence electrons. The summed E-state index contributed by atoms with van der Waals surface area (Å²) in [6.07, 6.45) is 1.61. The van der Waals surface area contributed by atoms with E-state index in [1.165, 1.54) is 0 Å². The van der Waals surface area contributed by atoms with Crippen LogP contribution in [0.3, 0.4) is 0 Å². The Morgan fingerprint density at radius 1 is 1.04 bits per heavy atom. The van der Waals surface area contributed by atoms with Gasteiger partial charge in [0.25, 0.3) is 0 Å². The molecule has 28 heavy (non-hydrogen) atoms. The molecule has 0 saturated heterocycles. The second-order valence-corrected chi connectivity index (χ2v) is 6.91. The van der Waals surface area contributed by atoms with Crippen LogP contribution in [0.1, 0.15) is 35.7 Å². The smallest absolute Gasteiger partial charge is 0.338 e. The average Bonchev–Trinajstić information content (AvgIpc) is 2.71. The first-order valence-electron chi connectivity index (χ1n) is 8.96. The summed E-state index contributed by atoms with van der Waals surface area (Å²) in [5.74, 6) is 0.757. The van der Waals surface area contributed by atoms with Crippen LogP contribution in [0.4, 0.5) is 5.69 Å². The van der Waals surface area contributed by atoms with E-state index in [-0.39, 0.29) is 11.9 Å². The maximum absolute atomic E-state index is 12.3. The molecule has 2 aromatic carbocycles. The van der Waals surface area contributed by atoms with Gasteiger partial charge in [0.1, 0.15) is 0 Å². The highest BCUT2D eigenvalue weighted by atomic mass is 79.9. The van der Waals surface area contributed by atoms with Gasteiger partial charge in [-0.15, -0.1) is 0 Å². The van der Waals surface area contributed by atoms with E-state index >= 15 is 0 Å². The number of amides is 1. The molecule has 0 aliphatic heterocycles. The van der Waals surface area contributed by atoms with Crippen LogP contribution < -0.4 is 14.8 Å². The molecule has 0 aliphatic rings. The molecule has 2 rings (SSSR count). The summed E-state index contributed by atoms with van der Waals surface area (Å²) in [4.78, 5) is 24.1. The summed E-state index contributed by atoms with van der Waals surface area (Å²) in [5, 5.41) is 2.83. The second-order valence-electron chi connectivity index (χ2n) is 6.06. The Bertz CT molecular complexity index is 820. The van der Waals surface area contributed by atoms with E-state index in [1.54, 1.807) is 38.5 Å². The fraction of sp³-hybridized carbons (Fsp3) is 0.333.